The van der Waals surface area contributed by atoms with Crippen molar-refractivity contribution in [2.75, 3.05) is 49.2 Å². The molecule has 5 rings (SSSR count). The van der Waals surface area contributed by atoms with E-state index in [-0.39, 0.29) is 37.2 Å². The van der Waals surface area contributed by atoms with E-state index in [4.69, 9.17) is 10.5 Å². The van der Waals surface area contributed by atoms with Crippen molar-refractivity contribution < 1.29 is 4.74 Å². The van der Waals surface area contributed by atoms with Crippen molar-refractivity contribution in [3.05, 3.63) is 60.0 Å². The third kappa shape index (κ3) is 6.34. The van der Waals surface area contributed by atoms with Crippen LogP contribution in [-0.2, 0) is 0 Å². The molecule has 0 aliphatic carbocycles. The van der Waals surface area contributed by atoms with Crippen LogP contribution in [0.2, 0.25) is 0 Å². The molecule has 0 unspecified atom stereocenters. The SMILES string of the molecule is CN1CCN(c2ccc(Nc3nc(Oc4cccc(N)c4)c4sccc4n3)cc2)CC1.Cl.Cl.Cl. The van der Waals surface area contributed by atoms with Gasteiger partial charge in [-0.1, -0.05) is 6.07 Å². The van der Waals surface area contributed by atoms with E-state index in [1.807, 2.05) is 29.6 Å². The second-order valence-electron chi connectivity index (χ2n) is 7.62. The molecule has 11 heteroatoms. The predicted octanol–water partition coefficient (Wildman–Crippen LogP) is 5.83. The zero-order chi connectivity index (χ0) is 21.2. The van der Waals surface area contributed by atoms with Crippen LogP contribution < -0.4 is 20.7 Å². The lowest BCUT2D eigenvalue weighted by Crippen LogP contribution is -2.44. The van der Waals surface area contributed by atoms with Crippen molar-refractivity contribution in [1.82, 2.24) is 14.9 Å². The average molecular weight is 542 g/mol. The summed E-state index contributed by atoms with van der Waals surface area (Å²) in [5.74, 6) is 1.66. The number of nitrogens with zero attached hydrogens (tertiary/aromatic N) is 4. The largest absolute Gasteiger partial charge is 0.437 e. The zero-order valence-electron chi connectivity index (χ0n) is 18.5. The number of halogens is 3. The highest BCUT2D eigenvalue weighted by Crippen LogP contribution is 2.33. The summed E-state index contributed by atoms with van der Waals surface area (Å²) in [6, 6.07) is 17.7. The molecule has 0 bridgehead atoms. The second kappa shape index (κ2) is 12.3. The number of benzene rings is 2. The van der Waals surface area contributed by atoms with Crippen molar-refractivity contribution in [2.45, 2.75) is 0 Å². The minimum absolute atomic E-state index is 0. The van der Waals surface area contributed by atoms with Crippen molar-refractivity contribution in [3.8, 4) is 11.6 Å². The molecule has 2 aromatic carbocycles. The molecule has 1 aliphatic rings. The number of nitrogens with one attached hydrogen (secondary N) is 1. The van der Waals surface area contributed by atoms with E-state index in [2.05, 4.69) is 56.4 Å². The van der Waals surface area contributed by atoms with E-state index in [1.165, 1.54) is 5.69 Å². The summed E-state index contributed by atoms with van der Waals surface area (Å²) in [5.41, 5.74) is 9.54. The number of rotatable bonds is 5. The van der Waals surface area contributed by atoms with E-state index >= 15 is 0 Å². The number of aromatic nitrogens is 2. The van der Waals surface area contributed by atoms with Gasteiger partial charge in [0.2, 0.25) is 11.8 Å². The van der Waals surface area contributed by atoms with E-state index in [9.17, 15) is 0 Å². The summed E-state index contributed by atoms with van der Waals surface area (Å²) >= 11 is 1.55. The maximum absolute atomic E-state index is 6.04. The van der Waals surface area contributed by atoms with Crippen molar-refractivity contribution in [2.24, 2.45) is 0 Å². The summed E-state index contributed by atoms with van der Waals surface area (Å²) in [7, 11) is 2.17. The predicted molar refractivity (Wildman–Crippen MR) is 150 cm³/mol. The van der Waals surface area contributed by atoms with Crippen LogP contribution in [0.5, 0.6) is 11.6 Å². The number of piperazine rings is 1. The Bertz CT molecular complexity index is 1200. The fourth-order valence-electron chi connectivity index (χ4n) is 3.60. The van der Waals surface area contributed by atoms with Crippen LogP contribution in [0.15, 0.2) is 60.0 Å². The molecule has 1 saturated heterocycles. The lowest BCUT2D eigenvalue weighted by Gasteiger charge is -2.34. The molecule has 1 fully saturated rings. The Labute approximate surface area is 221 Å². The van der Waals surface area contributed by atoms with Gasteiger partial charge < -0.3 is 25.6 Å². The van der Waals surface area contributed by atoms with Crippen molar-refractivity contribution in [3.63, 3.8) is 0 Å². The second-order valence-corrected chi connectivity index (χ2v) is 8.54. The number of hydrogen-bond acceptors (Lipinski definition) is 8. The molecule has 34 heavy (non-hydrogen) atoms. The highest BCUT2D eigenvalue weighted by molar-refractivity contribution is 7.17. The smallest absolute Gasteiger partial charge is 0.242 e. The molecule has 0 atom stereocenters. The molecule has 182 valence electrons. The standard InChI is InChI=1S/C23H24N6OS.3ClH/c1-28-10-12-29(13-11-28)18-7-5-17(6-8-18)25-23-26-20-9-14-31-21(20)22(27-23)30-19-4-2-3-16(24)15-19;;;/h2-9,14-15H,10-13,24H2,1H3,(H,25,26,27);3*1H. The molecule has 7 nitrogen and oxygen atoms in total. The van der Waals surface area contributed by atoms with E-state index in [1.54, 1.807) is 17.4 Å². The van der Waals surface area contributed by atoms with Gasteiger partial charge >= 0.3 is 0 Å². The van der Waals surface area contributed by atoms with Gasteiger partial charge in [0, 0.05) is 49.3 Å². The summed E-state index contributed by atoms with van der Waals surface area (Å²) in [5, 5.41) is 5.30. The first-order valence-electron chi connectivity index (χ1n) is 10.2. The number of anilines is 4. The van der Waals surface area contributed by atoms with Crippen LogP contribution in [0.25, 0.3) is 10.2 Å². The number of thiophene rings is 1. The van der Waals surface area contributed by atoms with Gasteiger partial charge in [0.15, 0.2) is 0 Å². The number of hydrogen-bond donors (Lipinski definition) is 2. The van der Waals surface area contributed by atoms with Crippen LogP contribution >= 0.6 is 48.6 Å². The average Bonchev–Trinajstić information content (AvgIpc) is 3.24. The fourth-order valence-corrected chi connectivity index (χ4v) is 4.36. The Morgan fingerprint density at radius 1 is 0.941 bits per heavy atom. The van der Waals surface area contributed by atoms with E-state index in [0.29, 0.717) is 23.3 Å². The number of nitrogens with two attached hydrogens (primary N) is 1. The topological polar surface area (TPSA) is 79.5 Å². The van der Waals surface area contributed by atoms with Gasteiger partial charge in [-0.15, -0.1) is 48.6 Å². The van der Waals surface area contributed by atoms with Gasteiger partial charge in [-0.25, -0.2) is 4.98 Å². The molecule has 3 N–H and O–H groups in total. The van der Waals surface area contributed by atoms with Crippen LogP contribution in [0.1, 0.15) is 0 Å². The van der Waals surface area contributed by atoms with Gasteiger partial charge in [0.1, 0.15) is 10.4 Å². The molecular formula is C23H27Cl3N6OS. The first kappa shape index (κ1) is 27.8. The molecule has 2 aromatic heterocycles. The summed E-state index contributed by atoms with van der Waals surface area (Å²) in [6.07, 6.45) is 0. The Morgan fingerprint density at radius 2 is 1.68 bits per heavy atom. The molecule has 1 aliphatic heterocycles. The van der Waals surface area contributed by atoms with Crippen LogP contribution in [0.4, 0.5) is 23.0 Å². The Morgan fingerprint density at radius 3 is 2.38 bits per heavy atom. The molecule has 4 aromatic rings. The molecule has 3 heterocycles. The fraction of sp³-hybridized carbons (Fsp3) is 0.217. The number of nitrogen functional groups attached to an aromatic ring is 1. The highest BCUT2D eigenvalue weighted by atomic mass is 35.5. The van der Waals surface area contributed by atoms with Gasteiger partial charge in [0.05, 0.1) is 5.52 Å². The van der Waals surface area contributed by atoms with Gasteiger partial charge in [-0.2, -0.15) is 4.98 Å². The van der Waals surface area contributed by atoms with Crippen LogP contribution in [0.3, 0.4) is 0 Å². The molecular weight excluding hydrogens is 515 g/mol. The minimum Gasteiger partial charge on any atom is -0.437 e. The lowest BCUT2D eigenvalue weighted by molar-refractivity contribution is 0.313. The Balaban J connectivity index is 0.00000136. The highest BCUT2D eigenvalue weighted by Gasteiger charge is 2.15. The third-order valence-corrected chi connectivity index (χ3v) is 6.23. The molecule has 0 spiro atoms. The summed E-state index contributed by atoms with van der Waals surface area (Å²) in [4.78, 5) is 14.0. The third-order valence-electron chi connectivity index (χ3n) is 5.34. The monoisotopic (exact) mass is 540 g/mol. The van der Waals surface area contributed by atoms with Gasteiger partial charge in [-0.3, -0.25) is 0 Å². The van der Waals surface area contributed by atoms with Gasteiger partial charge in [0.25, 0.3) is 0 Å². The van der Waals surface area contributed by atoms with Crippen LogP contribution in [-0.4, -0.2) is 48.1 Å². The normalized spacial score (nSPS) is 13.4. The number of likely N-dealkylation sites (N-methyl/N-ethyl adjacent to an activating group) is 1. The quantitative estimate of drug-likeness (QED) is 0.308. The van der Waals surface area contributed by atoms with E-state index in [0.717, 1.165) is 42.1 Å². The Kier molecular flexibility index (Phi) is 10.0. The van der Waals surface area contributed by atoms with Crippen LogP contribution in [0, 0.1) is 0 Å². The maximum Gasteiger partial charge on any atom is 0.242 e. The zero-order valence-corrected chi connectivity index (χ0v) is 21.8. The molecule has 0 radical (unpaired) electrons. The first-order chi connectivity index (χ1) is 15.1. The van der Waals surface area contributed by atoms with Gasteiger partial charge in [-0.05, 0) is 54.9 Å². The van der Waals surface area contributed by atoms with Crippen molar-refractivity contribution in [1.29, 1.82) is 0 Å². The lowest BCUT2D eigenvalue weighted by atomic mass is 10.2. The molecule has 0 saturated carbocycles. The number of fused-ring (bicyclic) bond motifs is 1. The van der Waals surface area contributed by atoms with E-state index < -0.39 is 0 Å². The minimum atomic E-state index is 0. The Hall–Kier alpha value is -2.49. The maximum atomic E-state index is 6.04. The molecule has 0 amide bonds. The van der Waals surface area contributed by atoms with Crippen molar-refractivity contribution >= 4 is 81.8 Å². The first-order valence-corrected chi connectivity index (χ1v) is 11.1. The summed E-state index contributed by atoms with van der Waals surface area (Å²) < 4.78 is 6.95. The summed E-state index contributed by atoms with van der Waals surface area (Å²) in [6.45, 7) is 4.27. The number of ether oxygens (including phenoxy) is 1.